The second-order valence-corrected chi connectivity index (χ2v) is 13.1. The van der Waals surface area contributed by atoms with Crippen molar-refractivity contribution >= 4 is 50.7 Å². The molecule has 7 nitrogen and oxygen atoms in total. The van der Waals surface area contributed by atoms with E-state index in [9.17, 15) is 18.0 Å². The predicted molar refractivity (Wildman–Crippen MR) is 157 cm³/mol. The van der Waals surface area contributed by atoms with E-state index in [2.05, 4.69) is 5.32 Å². The third-order valence-corrected chi connectivity index (χ3v) is 7.43. The van der Waals surface area contributed by atoms with Gasteiger partial charge in [0.1, 0.15) is 12.6 Å². The molecule has 0 fully saturated rings. The Morgan fingerprint density at radius 3 is 2.05 bits per heavy atom. The van der Waals surface area contributed by atoms with Gasteiger partial charge in [-0.25, -0.2) is 8.42 Å². The highest BCUT2D eigenvalue weighted by Gasteiger charge is 2.34. The quantitative estimate of drug-likeness (QED) is 0.347. The first kappa shape index (κ1) is 30.5. The molecule has 0 radical (unpaired) electrons. The normalized spacial score (nSPS) is 12.5. The smallest absolute Gasteiger partial charge is 0.244 e. The van der Waals surface area contributed by atoms with Gasteiger partial charge in [-0.1, -0.05) is 65.7 Å². The first-order chi connectivity index (χ1) is 18.2. The Balaban J connectivity index is 2.07. The van der Waals surface area contributed by atoms with Gasteiger partial charge in [-0.3, -0.25) is 13.9 Å². The molecule has 1 unspecified atom stereocenters. The number of amides is 2. The van der Waals surface area contributed by atoms with Crippen molar-refractivity contribution in [2.24, 2.45) is 0 Å². The van der Waals surface area contributed by atoms with Crippen molar-refractivity contribution in [1.29, 1.82) is 0 Å². The van der Waals surface area contributed by atoms with E-state index in [1.807, 2.05) is 51.1 Å². The van der Waals surface area contributed by atoms with Gasteiger partial charge >= 0.3 is 0 Å². The van der Waals surface area contributed by atoms with Gasteiger partial charge in [0.05, 0.1) is 11.9 Å². The van der Waals surface area contributed by atoms with Crippen molar-refractivity contribution in [3.05, 3.63) is 100 Å². The Kier molecular flexibility index (Phi) is 10.0. The van der Waals surface area contributed by atoms with Crippen LogP contribution >= 0.6 is 23.2 Å². The van der Waals surface area contributed by atoms with Gasteiger partial charge in [0.25, 0.3) is 0 Å². The predicted octanol–water partition coefficient (Wildman–Crippen LogP) is 5.31. The van der Waals surface area contributed by atoms with Gasteiger partial charge in [0, 0.05) is 28.5 Å². The highest BCUT2D eigenvalue weighted by molar-refractivity contribution is 7.92. The number of rotatable bonds is 10. The second kappa shape index (κ2) is 12.9. The molecule has 208 valence electrons. The van der Waals surface area contributed by atoms with Crippen LogP contribution in [0.1, 0.15) is 31.9 Å². The molecule has 1 N–H and O–H groups in total. The Labute approximate surface area is 240 Å². The number of hydrogen-bond acceptors (Lipinski definition) is 4. The Hall–Kier alpha value is -3.07. The zero-order chi connectivity index (χ0) is 28.8. The van der Waals surface area contributed by atoms with Crippen molar-refractivity contribution in [2.45, 2.75) is 45.3 Å². The van der Waals surface area contributed by atoms with E-state index in [1.165, 1.54) is 17.0 Å². The van der Waals surface area contributed by atoms with Crippen LogP contribution in [-0.2, 0) is 32.6 Å². The minimum absolute atomic E-state index is 0.0483. The third kappa shape index (κ3) is 9.27. The van der Waals surface area contributed by atoms with E-state index in [4.69, 9.17) is 23.2 Å². The molecular formula is C29H33Cl2N3O4S. The molecule has 39 heavy (non-hydrogen) atoms. The molecule has 0 saturated carbocycles. The Morgan fingerprint density at radius 1 is 0.872 bits per heavy atom. The summed E-state index contributed by atoms with van der Waals surface area (Å²) >= 11 is 12.2. The number of halogens is 2. The van der Waals surface area contributed by atoms with E-state index in [1.54, 1.807) is 36.4 Å². The summed E-state index contributed by atoms with van der Waals surface area (Å²) in [4.78, 5) is 29.1. The molecule has 0 bridgehead atoms. The molecular weight excluding hydrogens is 557 g/mol. The van der Waals surface area contributed by atoms with Crippen LogP contribution < -0.4 is 9.62 Å². The molecule has 1 atom stereocenters. The number of sulfonamides is 1. The van der Waals surface area contributed by atoms with Gasteiger partial charge in [0.2, 0.25) is 21.8 Å². The summed E-state index contributed by atoms with van der Waals surface area (Å²) in [6, 6.07) is 21.6. The van der Waals surface area contributed by atoms with Crippen LogP contribution in [0.3, 0.4) is 0 Å². The molecule has 3 aromatic rings. The number of benzene rings is 3. The van der Waals surface area contributed by atoms with Gasteiger partial charge < -0.3 is 10.2 Å². The number of carbonyl (C=O) groups is 2. The molecule has 0 heterocycles. The topological polar surface area (TPSA) is 86.8 Å². The fourth-order valence-electron chi connectivity index (χ4n) is 4.06. The maximum atomic E-state index is 14.0. The molecule has 0 aliphatic rings. The lowest BCUT2D eigenvalue weighted by Crippen LogP contribution is -2.56. The molecule has 3 aromatic carbocycles. The number of anilines is 1. The summed E-state index contributed by atoms with van der Waals surface area (Å²) in [6.07, 6.45) is 1.26. The van der Waals surface area contributed by atoms with E-state index >= 15 is 0 Å². The molecule has 3 rings (SSSR count). The fourth-order valence-corrected chi connectivity index (χ4v) is 5.25. The van der Waals surface area contributed by atoms with Gasteiger partial charge in [-0.15, -0.1) is 0 Å². The Bertz CT molecular complexity index is 1390. The van der Waals surface area contributed by atoms with Crippen molar-refractivity contribution in [3.8, 4) is 0 Å². The number of carbonyl (C=O) groups excluding carboxylic acids is 2. The maximum Gasteiger partial charge on any atom is 0.244 e. The largest absolute Gasteiger partial charge is 0.350 e. The minimum atomic E-state index is -3.85. The molecule has 0 aliphatic carbocycles. The average Bonchev–Trinajstić information content (AvgIpc) is 2.84. The van der Waals surface area contributed by atoms with Crippen LogP contribution in [0.25, 0.3) is 0 Å². The van der Waals surface area contributed by atoms with Crippen LogP contribution in [0.5, 0.6) is 0 Å². The van der Waals surface area contributed by atoms with Crippen LogP contribution in [-0.4, -0.2) is 49.5 Å². The lowest BCUT2D eigenvalue weighted by molar-refractivity contribution is -0.140. The van der Waals surface area contributed by atoms with Crippen LogP contribution in [0.15, 0.2) is 78.9 Å². The van der Waals surface area contributed by atoms with Crippen molar-refractivity contribution in [1.82, 2.24) is 10.2 Å². The monoisotopic (exact) mass is 589 g/mol. The number of nitrogens with one attached hydrogen (secondary N) is 1. The summed E-state index contributed by atoms with van der Waals surface area (Å²) in [5.74, 6) is -0.889. The average molecular weight is 591 g/mol. The van der Waals surface area contributed by atoms with E-state index < -0.39 is 34.1 Å². The summed E-state index contributed by atoms with van der Waals surface area (Å²) in [6.45, 7) is 5.13. The van der Waals surface area contributed by atoms with E-state index in [0.29, 0.717) is 15.6 Å². The summed E-state index contributed by atoms with van der Waals surface area (Å²) in [5.41, 5.74) is 1.29. The second-order valence-electron chi connectivity index (χ2n) is 10.3. The minimum Gasteiger partial charge on any atom is -0.350 e. The van der Waals surface area contributed by atoms with E-state index in [-0.39, 0.29) is 24.6 Å². The Morgan fingerprint density at radius 2 is 1.49 bits per heavy atom. The lowest BCUT2D eigenvalue weighted by Gasteiger charge is -2.35. The SMILES string of the molecule is CC(C)(C)NC(=O)C(Cc1ccccc1)N(Cc1cccc(Cl)c1)C(=O)CN(c1ccc(Cl)cc1)S(C)(=O)=O. The van der Waals surface area contributed by atoms with Crippen molar-refractivity contribution in [3.63, 3.8) is 0 Å². The molecule has 10 heteroatoms. The number of nitrogens with zero attached hydrogens (tertiary/aromatic N) is 2. The van der Waals surface area contributed by atoms with Crippen LogP contribution in [0.4, 0.5) is 5.69 Å². The van der Waals surface area contributed by atoms with Gasteiger partial charge in [-0.2, -0.15) is 0 Å². The summed E-state index contributed by atoms with van der Waals surface area (Å²) in [7, 11) is -3.85. The fraction of sp³-hybridized carbons (Fsp3) is 0.310. The first-order valence-electron chi connectivity index (χ1n) is 12.4. The lowest BCUT2D eigenvalue weighted by atomic mass is 10.0. The third-order valence-electron chi connectivity index (χ3n) is 5.81. The molecule has 0 saturated heterocycles. The highest BCUT2D eigenvalue weighted by atomic mass is 35.5. The standard InChI is InChI=1S/C29H33Cl2N3O4S/c1-29(2,3)32-28(36)26(18-21-9-6-5-7-10-21)33(19-22-11-8-12-24(31)17-22)27(35)20-34(39(4,37)38)25-15-13-23(30)14-16-25/h5-17,26H,18-20H2,1-4H3,(H,32,36). The maximum absolute atomic E-state index is 14.0. The summed E-state index contributed by atoms with van der Waals surface area (Å²) in [5, 5.41) is 3.91. The van der Waals surface area contributed by atoms with Gasteiger partial charge in [-0.05, 0) is 68.3 Å². The zero-order valence-electron chi connectivity index (χ0n) is 22.4. The molecule has 0 spiro atoms. The first-order valence-corrected chi connectivity index (χ1v) is 15.0. The van der Waals surface area contributed by atoms with Crippen molar-refractivity contribution < 1.29 is 18.0 Å². The summed E-state index contributed by atoms with van der Waals surface area (Å²) < 4.78 is 26.6. The van der Waals surface area contributed by atoms with Gasteiger partial charge in [0.15, 0.2) is 0 Å². The van der Waals surface area contributed by atoms with E-state index in [0.717, 1.165) is 16.1 Å². The highest BCUT2D eigenvalue weighted by Crippen LogP contribution is 2.23. The van der Waals surface area contributed by atoms with Crippen LogP contribution in [0, 0.1) is 0 Å². The van der Waals surface area contributed by atoms with Crippen molar-refractivity contribution in [2.75, 3.05) is 17.1 Å². The number of hydrogen-bond donors (Lipinski definition) is 1. The zero-order valence-corrected chi connectivity index (χ0v) is 24.7. The molecule has 2 amide bonds. The molecule has 0 aliphatic heterocycles. The van der Waals surface area contributed by atoms with Crippen LogP contribution in [0.2, 0.25) is 10.0 Å². The molecule has 0 aromatic heterocycles.